The van der Waals surface area contributed by atoms with Crippen LogP contribution in [0.3, 0.4) is 0 Å². The monoisotopic (exact) mass is 241 g/mol. The molecule has 0 radical (unpaired) electrons. The zero-order valence-corrected chi connectivity index (χ0v) is 10.7. The van der Waals surface area contributed by atoms with Gasteiger partial charge in [0.05, 0.1) is 12.7 Å². The van der Waals surface area contributed by atoms with Crippen molar-refractivity contribution in [3.05, 3.63) is 0 Å². The van der Waals surface area contributed by atoms with Crippen molar-refractivity contribution in [2.75, 3.05) is 26.3 Å². The summed E-state index contributed by atoms with van der Waals surface area (Å²) in [6.45, 7) is 5.11. The van der Waals surface area contributed by atoms with Gasteiger partial charge in [0.1, 0.15) is 6.04 Å². The zero-order chi connectivity index (χ0) is 12.1. The van der Waals surface area contributed by atoms with Crippen LogP contribution in [0.25, 0.3) is 0 Å². The lowest BCUT2D eigenvalue weighted by atomic mass is 10.1. The van der Waals surface area contributed by atoms with Gasteiger partial charge in [0.2, 0.25) is 0 Å². The van der Waals surface area contributed by atoms with E-state index in [0.717, 1.165) is 39.0 Å². The van der Waals surface area contributed by atoms with Crippen LogP contribution < -0.4 is 0 Å². The van der Waals surface area contributed by atoms with Crippen LogP contribution in [0.5, 0.6) is 0 Å². The average molecular weight is 241 g/mol. The summed E-state index contributed by atoms with van der Waals surface area (Å²) in [6, 6.07) is -0.0273. The maximum absolute atomic E-state index is 11.8. The van der Waals surface area contributed by atoms with Crippen molar-refractivity contribution in [2.24, 2.45) is 0 Å². The van der Waals surface area contributed by atoms with Crippen molar-refractivity contribution < 1.29 is 14.3 Å². The molecule has 0 aromatic heterocycles. The Kier molecular flexibility index (Phi) is 4.80. The third-order valence-electron chi connectivity index (χ3n) is 3.63. The number of rotatable bonds is 4. The minimum absolute atomic E-state index is 0.0273. The molecule has 0 aromatic carbocycles. The van der Waals surface area contributed by atoms with Crippen LogP contribution in [0, 0.1) is 0 Å². The Morgan fingerprint density at radius 1 is 1.35 bits per heavy atom. The largest absolute Gasteiger partial charge is 0.465 e. The van der Waals surface area contributed by atoms with E-state index >= 15 is 0 Å². The summed E-state index contributed by atoms with van der Waals surface area (Å²) in [5.74, 6) is -0.0548. The number of esters is 1. The Morgan fingerprint density at radius 3 is 2.94 bits per heavy atom. The molecule has 17 heavy (non-hydrogen) atoms. The maximum atomic E-state index is 11.8. The molecule has 98 valence electrons. The van der Waals surface area contributed by atoms with Gasteiger partial charge in [-0.3, -0.25) is 9.69 Å². The van der Waals surface area contributed by atoms with Crippen LogP contribution in [0.1, 0.15) is 39.0 Å². The predicted octanol–water partition coefficient (Wildman–Crippen LogP) is 1.58. The Hall–Kier alpha value is -0.610. The van der Waals surface area contributed by atoms with Crippen LogP contribution in [-0.2, 0) is 14.3 Å². The standard InChI is InChI=1S/C13H23NO3/c1-2-16-13(15)12-7-5-8-14(12)10-11-6-3-4-9-17-11/h11-12H,2-10H2,1H3. The predicted molar refractivity (Wildman–Crippen MR) is 64.8 cm³/mol. The number of carbonyl (C=O) groups is 1. The molecule has 2 heterocycles. The van der Waals surface area contributed by atoms with E-state index in [4.69, 9.17) is 9.47 Å². The summed E-state index contributed by atoms with van der Waals surface area (Å²) < 4.78 is 10.9. The third-order valence-corrected chi connectivity index (χ3v) is 3.63. The molecule has 0 spiro atoms. The van der Waals surface area contributed by atoms with Gasteiger partial charge in [0.15, 0.2) is 0 Å². The van der Waals surface area contributed by atoms with E-state index in [1.807, 2.05) is 6.92 Å². The summed E-state index contributed by atoms with van der Waals surface area (Å²) in [5.41, 5.74) is 0. The topological polar surface area (TPSA) is 38.8 Å². The first-order chi connectivity index (χ1) is 8.31. The quantitative estimate of drug-likeness (QED) is 0.701. The first-order valence-electron chi connectivity index (χ1n) is 6.83. The van der Waals surface area contributed by atoms with E-state index in [1.54, 1.807) is 0 Å². The number of ether oxygens (including phenoxy) is 2. The van der Waals surface area contributed by atoms with Gasteiger partial charge in [0.25, 0.3) is 0 Å². The number of likely N-dealkylation sites (tertiary alicyclic amines) is 1. The van der Waals surface area contributed by atoms with Crippen molar-refractivity contribution >= 4 is 5.97 Å². The Balaban J connectivity index is 1.83. The van der Waals surface area contributed by atoms with Crippen molar-refractivity contribution in [3.63, 3.8) is 0 Å². The number of carbonyl (C=O) groups excluding carboxylic acids is 1. The van der Waals surface area contributed by atoms with Crippen molar-refractivity contribution in [2.45, 2.75) is 51.2 Å². The van der Waals surface area contributed by atoms with Gasteiger partial charge in [-0.2, -0.15) is 0 Å². The second-order valence-electron chi connectivity index (χ2n) is 4.89. The molecule has 0 N–H and O–H groups in total. The van der Waals surface area contributed by atoms with Crippen LogP contribution in [0.2, 0.25) is 0 Å². The van der Waals surface area contributed by atoms with E-state index in [9.17, 15) is 4.79 Å². The fraction of sp³-hybridized carbons (Fsp3) is 0.923. The molecular weight excluding hydrogens is 218 g/mol. The molecule has 2 atom stereocenters. The lowest BCUT2D eigenvalue weighted by Crippen LogP contribution is -2.43. The lowest BCUT2D eigenvalue weighted by Gasteiger charge is -2.29. The highest BCUT2D eigenvalue weighted by Gasteiger charge is 2.33. The van der Waals surface area contributed by atoms with Crippen LogP contribution in [-0.4, -0.2) is 49.3 Å². The maximum Gasteiger partial charge on any atom is 0.323 e. The molecule has 0 saturated carbocycles. The van der Waals surface area contributed by atoms with Gasteiger partial charge >= 0.3 is 5.97 Å². The summed E-state index contributed by atoms with van der Waals surface area (Å²) in [6.07, 6.45) is 5.91. The van der Waals surface area contributed by atoms with Gasteiger partial charge in [-0.15, -0.1) is 0 Å². The molecule has 2 aliphatic rings. The Bertz CT molecular complexity index is 251. The smallest absolute Gasteiger partial charge is 0.323 e. The highest BCUT2D eigenvalue weighted by Crippen LogP contribution is 2.22. The molecule has 4 nitrogen and oxygen atoms in total. The fourth-order valence-corrected chi connectivity index (χ4v) is 2.76. The lowest BCUT2D eigenvalue weighted by molar-refractivity contribution is -0.149. The van der Waals surface area contributed by atoms with Gasteiger partial charge < -0.3 is 9.47 Å². The van der Waals surface area contributed by atoms with Crippen molar-refractivity contribution in [3.8, 4) is 0 Å². The van der Waals surface area contributed by atoms with E-state index in [1.165, 1.54) is 12.8 Å². The van der Waals surface area contributed by atoms with E-state index < -0.39 is 0 Å². The normalized spacial score (nSPS) is 30.4. The molecule has 4 heteroatoms. The highest BCUT2D eigenvalue weighted by atomic mass is 16.5. The van der Waals surface area contributed by atoms with Crippen molar-refractivity contribution in [1.29, 1.82) is 0 Å². The Labute approximate surface area is 103 Å². The second kappa shape index (κ2) is 6.36. The zero-order valence-electron chi connectivity index (χ0n) is 10.7. The number of hydrogen-bond donors (Lipinski definition) is 0. The molecule has 2 unspecified atom stereocenters. The molecule has 0 bridgehead atoms. The summed E-state index contributed by atoms with van der Waals surface area (Å²) in [5, 5.41) is 0. The minimum atomic E-state index is -0.0548. The van der Waals surface area contributed by atoms with Crippen LogP contribution in [0.4, 0.5) is 0 Å². The van der Waals surface area contributed by atoms with Gasteiger partial charge in [-0.05, 0) is 45.6 Å². The van der Waals surface area contributed by atoms with E-state index in [-0.39, 0.29) is 12.0 Å². The van der Waals surface area contributed by atoms with Crippen LogP contribution >= 0.6 is 0 Å². The Morgan fingerprint density at radius 2 is 2.24 bits per heavy atom. The van der Waals surface area contributed by atoms with E-state index in [0.29, 0.717) is 12.7 Å². The van der Waals surface area contributed by atoms with Crippen molar-refractivity contribution in [1.82, 2.24) is 4.90 Å². The molecule has 0 aromatic rings. The van der Waals surface area contributed by atoms with Crippen LogP contribution in [0.15, 0.2) is 0 Å². The van der Waals surface area contributed by atoms with Gasteiger partial charge in [0, 0.05) is 13.2 Å². The first-order valence-corrected chi connectivity index (χ1v) is 6.83. The molecule has 2 fully saturated rings. The number of nitrogens with zero attached hydrogens (tertiary/aromatic N) is 1. The number of hydrogen-bond acceptors (Lipinski definition) is 4. The summed E-state index contributed by atoms with van der Waals surface area (Å²) in [7, 11) is 0. The molecular formula is C13H23NO3. The highest BCUT2D eigenvalue weighted by molar-refractivity contribution is 5.76. The minimum Gasteiger partial charge on any atom is -0.465 e. The first kappa shape index (κ1) is 12.8. The third kappa shape index (κ3) is 3.42. The van der Waals surface area contributed by atoms with Gasteiger partial charge in [-0.1, -0.05) is 0 Å². The van der Waals surface area contributed by atoms with Gasteiger partial charge in [-0.25, -0.2) is 0 Å². The molecule has 2 saturated heterocycles. The average Bonchev–Trinajstić information content (AvgIpc) is 2.79. The molecule has 2 rings (SSSR count). The SMILES string of the molecule is CCOC(=O)C1CCCN1CC1CCCCO1. The molecule has 0 aliphatic carbocycles. The molecule has 0 amide bonds. The van der Waals surface area contributed by atoms with E-state index in [2.05, 4.69) is 4.90 Å². The summed E-state index contributed by atoms with van der Waals surface area (Å²) in [4.78, 5) is 14.0. The second-order valence-corrected chi connectivity index (χ2v) is 4.89. The molecule has 2 aliphatic heterocycles. The summed E-state index contributed by atoms with van der Waals surface area (Å²) >= 11 is 0. The fourth-order valence-electron chi connectivity index (χ4n) is 2.76.